The molecule has 158 valence electrons. The molecular formula is C22H27N5O3. The lowest BCUT2D eigenvalue weighted by Crippen LogP contribution is -2.46. The number of methoxy groups -OCH3 is 1. The molecule has 0 radical (unpaired) electrons. The van der Waals surface area contributed by atoms with Crippen LogP contribution in [0, 0.1) is 0 Å². The van der Waals surface area contributed by atoms with Crippen molar-refractivity contribution >= 4 is 11.4 Å². The summed E-state index contributed by atoms with van der Waals surface area (Å²) in [5, 5.41) is 13.6. The molecule has 0 aliphatic carbocycles. The lowest BCUT2D eigenvalue weighted by molar-refractivity contribution is 0.166. The maximum Gasteiger partial charge on any atom is 0.350 e. The topological polar surface area (TPSA) is 75.8 Å². The summed E-state index contributed by atoms with van der Waals surface area (Å²) in [7, 11) is 1.68. The van der Waals surface area contributed by atoms with E-state index in [4.69, 9.17) is 4.74 Å². The fourth-order valence-electron chi connectivity index (χ4n) is 3.73. The van der Waals surface area contributed by atoms with Gasteiger partial charge in [-0.15, -0.1) is 0 Å². The summed E-state index contributed by atoms with van der Waals surface area (Å²) in [5.74, 6) is 0.869. The van der Waals surface area contributed by atoms with Crippen molar-refractivity contribution in [3.63, 3.8) is 0 Å². The Morgan fingerprint density at radius 3 is 1.93 bits per heavy atom. The number of piperazine rings is 1. The molecule has 30 heavy (non-hydrogen) atoms. The van der Waals surface area contributed by atoms with Gasteiger partial charge in [0.2, 0.25) is 0 Å². The van der Waals surface area contributed by atoms with Crippen LogP contribution in [0.2, 0.25) is 0 Å². The minimum absolute atomic E-state index is 0.183. The van der Waals surface area contributed by atoms with Gasteiger partial charge in [-0.1, -0.05) is 0 Å². The number of anilines is 2. The third-order valence-corrected chi connectivity index (χ3v) is 5.38. The lowest BCUT2D eigenvalue weighted by atomic mass is 10.2. The summed E-state index contributed by atoms with van der Waals surface area (Å²) in [6.07, 6.45) is 0.873. The van der Waals surface area contributed by atoms with Crippen LogP contribution in [0.3, 0.4) is 0 Å². The van der Waals surface area contributed by atoms with Crippen LogP contribution < -0.4 is 20.2 Å². The fraction of sp³-hybridized carbons (Fsp3) is 0.364. The number of ether oxygens (including phenoxy) is 1. The summed E-state index contributed by atoms with van der Waals surface area (Å²) in [4.78, 5) is 17.2. The highest BCUT2D eigenvalue weighted by Gasteiger charge is 2.18. The first-order valence-electron chi connectivity index (χ1n) is 10.1. The van der Waals surface area contributed by atoms with Crippen LogP contribution >= 0.6 is 0 Å². The van der Waals surface area contributed by atoms with E-state index < -0.39 is 6.10 Å². The molecule has 1 fully saturated rings. The summed E-state index contributed by atoms with van der Waals surface area (Å²) in [6, 6.07) is 16.1. The average Bonchev–Trinajstić information content (AvgIpc) is 3.13. The van der Waals surface area contributed by atoms with Gasteiger partial charge in [-0.2, -0.15) is 5.10 Å². The molecule has 0 saturated carbocycles. The highest BCUT2D eigenvalue weighted by atomic mass is 16.5. The molecular weight excluding hydrogens is 382 g/mol. The Bertz CT molecular complexity index is 1020. The Morgan fingerprint density at radius 2 is 1.43 bits per heavy atom. The van der Waals surface area contributed by atoms with Gasteiger partial charge in [0, 0.05) is 37.6 Å². The average molecular weight is 409 g/mol. The van der Waals surface area contributed by atoms with E-state index in [2.05, 4.69) is 27.0 Å². The summed E-state index contributed by atoms with van der Waals surface area (Å²) in [5.41, 5.74) is 2.85. The normalized spacial score (nSPS) is 15.3. The first kappa shape index (κ1) is 20.0. The standard InChI is InChI=1S/C22H27N5O3/c1-17(28)15-27-22(29)26(16-23-27)20-5-3-18(4-6-20)24-11-13-25(14-12-24)19-7-9-21(30-2)10-8-19/h3-10,16-17,28H,11-15H2,1-2H3/t17-/m1/s1. The van der Waals surface area contributed by atoms with E-state index in [0.29, 0.717) is 0 Å². The van der Waals surface area contributed by atoms with E-state index in [1.54, 1.807) is 14.0 Å². The fourth-order valence-corrected chi connectivity index (χ4v) is 3.73. The van der Waals surface area contributed by atoms with Crippen molar-refractivity contribution < 1.29 is 9.84 Å². The van der Waals surface area contributed by atoms with Crippen LogP contribution in [0.1, 0.15) is 6.92 Å². The summed E-state index contributed by atoms with van der Waals surface area (Å²) < 4.78 is 8.00. The second-order valence-electron chi connectivity index (χ2n) is 7.50. The Balaban J connectivity index is 1.40. The number of aromatic nitrogens is 3. The van der Waals surface area contributed by atoms with Crippen LogP contribution in [-0.2, 0) is 6.54 Å². The quantitative estimate of drug-likeness (QED) is 0.669. The highest BCUT2D eigenvalue weighted by Crippen LogP contribution is 2.23. The Labute approximate surface area is 175 Å². The molecule has 0 unspecified atom stereocenters. The number of rotatable bonds is 6. The van der Waals surface area contributed by atoms with Gasteiger partial charge in [0.25, 0.3) is 0 Å². The Morgan fingerprint density at radius 1 is 0.933 bits per heavy atom. The van der Waals surface area contributed by atoms with Gasteiger partial charge in [-0.25, -0.2) is 14.0 Å². The maximum atomic E-state index is 12.4. The molecule has 0 bridgehead atoms. The van der Waals surface area contributed by atoms with Crippen LogP contribution in [0.4, 0.5) is 11.4 Å². The van der Waals surface area contributed by atoms with E-state index in [9.17, 15) is 9.90 Å². The minimum atomic E-state index is -0.620. The van der Waals surface area contributed by atoms with E-state index >= 15 is 0 Å². The molecule has 8 nitrogen and oxygen atoms in total. The molecule has 2 aromatic carbocycles. The van der Waals surface area contributed by atoms with Gasteiger partial charge in [-0.3, -0.25) is 0 Å². The molecule has 1 atom stereocenters. The molecule has 1 aliphatic rings. The predicted molar refractivity (Wildman–Crippen MR) is 117 cm³/mol. The minimum Gasteiger partial charge on any atom is -0.497 e. The molecule has 1 saturated heterocycles. The van der Waals surface area contributed by atoms with Crippen LogP contribution in [0.5, 0.6) is 5.75 Å². The zero-order valence-corrected chi connectivity index (χ0v) is 17.3. The SMILES string of the molecule is COc1ccc(N2CCN(c3ccc(-n4cnn(C[C@@H](C)O)c4=O)cc3)CC2)cc1. The number of aliphatic hydroxyl groups excluding tert-OH is 1. The van der Waals surface area contributed by atoms with Crippen molar-refractivity contribution in [3.05, 3.63) is 65.3 Å². The zero-order chi connectivity index (χ0) is 21.1. The van der Waals surface area contributed by atoms with Crippen molar-refractivity contribution in [2.45, 2.75) is 19.6 Å². The Hall–Kier alpha value is -3.26. The molecule has 4 rings (SSSR count). The lowest BCUT2D eigenvalue weighted by Gasteiger charge is -2.37. The first-order valence-corrected chi connectivity index (χ1v) is 10.1. The molecule has 3 aromatic rings. The van der Waals surface area contributed by atoms with Crippen LogP contribution in [0.25, 0.3) is 5.69 Å². The smallest absolute Gasteiger partial charge is 0.350 e. The largest absolute Gasteiger partial charge is 0.497 e. The number of hydrogen-bond acceptors (Lipinski definition) is 6. The second-order valence-corrected chi connectivity index (χ2v) is 7.50. The summed E-state index contributed by atoms with van der Waals surface area (Å²) in [6.45, 7) is 5.56. The van der Waals surface area contributed by atoms with Crippen molar-refractivity contribution in [2.24, 2.45) is 0 Å². The van der Waals surface area contributed by atoms with Crippen LogP contribution in [-0.4, -0.2) is 58.8 Å². The molecule has 2 heterocycles. The van der Waals surface area contributed by atoms with Gasteiger partial charge < -0.3 is 19.6 Å². The molecule has 0 amide bonds. The van der Waals surface area contributed by atoms with Crippen molar-refractivity contribution in [3.8, 4) is 11.4 Å². The predicted octanol–water partition coefficient (Wildman–Crippen LogP) is 1.75. The molecule has 1 aromatic heterocycles. The van der Waals surface area contributed by atoms with Crippen LogP contribution in [0.15, 0.2) is 59.7 Å². The van der Waals surface area contributed by atoms with Crippen molar-refractivity contribution in [1.29, 1.82) is 0 Å². The number of aliphatic hydroxyl groups is 1. The van der Waals surface area contributed by atoms with Gasteiger partial charge >= 0.3 is 5.69 Å². The highest BCUT2D eigenvalue weighted by molar-refractivity contribution is 5.54. The van der Waals surface area contributed by atoms with Gasteiger partial charge in [0.05, 0.1) is 25.4 Å². The third-order valence-electron chi connectivity index (χ3n) is 5.38. The zero-order valence-electron chi connectivity index (χ0n) is 17.3. The Kier molecular flexibility index (Phi) is 5.76. The molecule has 8 heteroatoms. The molecule has 1 N–H and O–H groups in total. The van der Waals surface area contributed by atoms with E-state index in [0.717, 1.165) is 43.3 Å². The molecule has 1 aliphatic heterocycles. The first-order chi connectivity index (χ1) is 14.5. The van der Waals surface area contributed by atoms with E-state index in [1.807, 2.05) is 36.4 Å². The number of nitrogens with zero attached hydrogens (tertiary/aromatic N) is 5. The van der Waals surface area contributed by atoms with Gasteiger partial charge in [0.1, 0.15) is 12.1 Å². The third kappa shape index (κ3) is 4.18. The van der Waals surface area contributed by atoms with Crippen molar-refractivity contribution in [1.82, 2.24) is 14.3 Å². The van der Waals surface area contributed by atoms with E-state index in [1.165, 1.54) is 21.3 Å². The van der Waals surface area contributed by atoms with Gasteiger partial charge in [0.15, 0.2) is 0 Å². The second kappa shape index (κ2) is 8.62. The molecule has 0 spiro atoms. The van der Waals surface area contributed by atoms with Crippen molar-refractivity contribution in [2.75, 3.05) is 43.1 Å². The number of benzene rings is 2. The summed E-state index contributed by atoms with van der Waals surface area (Å²) >= 11 is 0. The van der Waals surface area contributed by atoms with E-state index in [-0.39, 0.29) is 12.2 Å². The monoisotopic (exact) mass is 409 g/mol. The maximum absolute atomic E-state index is 12.4. The number of hydrogen-bond donors (Lipinski definition) is 1. The van der Waals surface area contributed by atoms with Gasteiger partial charge in [-0.05, 0) is 55.5 Å².